The van der Waals surface area contributed by atoms with Crippen molar-refractivity contribution in [2.75, 3.05) is 6.54 Å². The van der Waals surface area contributed by atoms with Gasteiger partial charge in [0.05, 0.1) is 11.1 Å². The molecule has 0 aliphatic heterocycles. The van der Waals surface area contributed by atoms with Crippen molar-refractivity contribution in [2.45, 2.75) is 51.0 Å². The van der Waals surface area contributed by atoms with Crippen LogP contribution in [0.3, 0.4) is 0 Å². The van der Waals surface area contributed by atoms with Crippen LogP contribution in [-0.2, 0) is 22.0 Å². The summed E-state index contributed by atoms with van der Waals surface area (Å²) in [5, 5.41) is 4.18. The Morgan fingerprint density at radius 1 is 1.17 bits per heavy atom. The minimum absolute atomic E-state index is 0.0115. The van der Waals surface area contributed by atoms with Crippen LogP contribution >= 0.6 is 0 Å². The SMILES string of the molecule is Cc1cnn(CCCNS(=O)(=O)c2ccc(C(C)(C)C)cc2)c1. The maximum atomic E-state index is 12.3. The molecule has 0 fully saturated rings. The average Bonchev–Trinajstić information content (AvgIpc) is 2.88. The molecule has 0 spiro atoms. The Morgan fingerprint density at radius 2 is 1.83 bits per heavy atom. The topological polar surface area (TPSA) is 64.0 Å². The van der Waals surface area contributed by atoms with Crippen LogP contribution in [0.4, 0.5) is 0 Å². The lowest BCUT2D eigenvalue weighted by atomic mass is 9.87. The van der Waals surface area contributed by atoms with Crippen molar-refractivity contribution in [1.29, 1.82) is 0 Å². The van der Waals surface area contributed by atoms with Crippen molar-refractivity contribution in [3.63, 3.8) is 0 Å². The van der Waals surface area contributed by atoms with E-state index in [4.69, 9.17) is 0 Å². The van der Waals surface area contributed by atoms with Crippen LogP contribution in [0.5, 0.6) is 0 Å². The first-order valence-electron chi connectivity index (χ1n) is 7.78. The van der Waals surface area contributed by atoms with E-state index in [1.807, 2.05) is 29.9 Å². The molecular weight excluding hydrogens is 310 g/mol. The number of sulfonamides is 1. The number of nitrogens with zero attached hydrogens (tertiary/aromatic N) is 2. The van der Waals surface area contributed by atoms with Gasteiger partial charge in [-0.25, -0.2) is 13.1 Å². The summed E-state index contributed by atoms with van der Waals surface area (Å²) in [6, 6.07) is 7.09. The highest BCUT2D eigenvalue weighted by atomic mass is 32.2. The molecule has 0 atom stereocenters. The summed E-state index contributed by atoms with van der Waals surface area (Å²) in [4.78, 5) is 0.306. The molecule has 1 N–H and O–H groups in total. The van der Waals surface area contributed by atoms with Gasteiger partial charge in [-0.2, -0.15) is 5.10 Å². The predicted octanol–water partition coefficient (Wildman–Crippen LogP) is 2.86. The highest BCUT2D eigenvalue weighted by molar-refractivity contribution is 7.89. The van der Waals surface area contributed by atoms with Gasteiger partial charge in [0.15, 0.2) is 0 Å². The van der Waals surface area contributed by atoms with Crippen LogP contribution in [0, 0.1) is 6.92 Å². The van der Waals surface area contributed by atoms with Gasteiger partial charge in [-0.1, -0.05) is 32.9 Å². The Hall–Kier alpha value is -1.66. The Kier molecular flexibility index (Phi) is 5.26. The maximum absolute atomic E-state index is 12.3. The zero-order valence-electron chi connectivity index (χ0n) is 14.2. The molecule has 0 bridgehead atoms. The minimum atomic E-state index is -3.45. The number of aryl methyl sites for hydroxylation is 2. The lowest BCUT2D eigenvalue weighted by Crippen LogP contribution is -2.25. The molecule has 1 heterocycles. The first kappa shape index (κ1) is 17.7. The number of hydrogen-bond donors (Lipinski definition) is 1. The molecule has 0 radical (unpaired) electrons. The first-order valence-corrected chi connectivity index (χ1v) is 9.26. The van der Waals surface area contributed by atoms with E-state index in [-0.39, 0.29) is 5.41 Å². The number of aromatic nitrogens is 2. The van der Waals surface area contributed by atoms with Gasteiger partial charge in [0.25, 0.3) is 0 Å². The zero-order valence-corrected chi connectivity index (χ0v) is 15.0. The summed E-state index contributed by atoms with van der Waals surface area (Å²) < 4.78 is 29.0. The molecule has 2 rings (SSSR count). The molecule has 0 saturated carbocycles. The van der Waals surface area contributed by atoms with Crippen molar-refractivity contribution >= 4 is 10.0 Å². The molecule has 2 aromatic rings. The van der Waals surface area contributed by atoms with E-state index in [1.54, 1.807) is 18.3 Å². The second kappa shape index (κ2) is 6.84. The van der Waals surface area contributed by atoms with Crippen molar-refractivity contribution < 1.29 is 8.42 Å². The number of rotatable bonds is 6. The molecule has 0 saturated heterocycles. The Morgan fingerprint density at radius 3 is 2.35 bits per heavy atom. The van der Waals surface area contributed by atoms with E-state index in [0.29, 0.717) is 24.4 Å². The molecule has 1 aromatic heterocycles. The molecular formula is C17H25N3O2S. The Bertz CT molecular complexity index is 741. The molecule has 0 unspecified atom stereocenters. The number of nitrogens with one attached hydrogen (secondary N) is 1. The molecule has 0 amide bonds. The lowest BCUT2D eigenvalue weighted by molar-refractivity contribution is 0.552. The summed E-state index contributed by atoms with van der Waals surface area (Å²) in [7, 11) is -3.45. The highest BCUT2D eigenvalue weighted by Gasteiger charge is 2.17. The van der Waals surface area contributed by atoms with Crippen molar-refractivity contribution in [1.82, 2.24) is 14.5 Å². The minimum Gasteiger partial charge on any atom is -0.272 e. The van der Waals surface area contributed by atoms with Crippen LogP contribution in [0.15, 0.2) is 41.6 Å². The van der Waals surface area contributed by atoms with E-state index in [0.717, 1.165) is 11.1 Å². The standard InChI is InChI=1S/C17H25N3O2S/c1-14-12-18-20(13-14)11-5-10-19-23(21,22)16-8-6-15(7-9-16)17(2,3)4/h6-9,12-13,19H,5,10-11H2,1-4H3. The smallest absolute Gasteiger partial charge is 0.240 e. The Balaban J connectivity index is 1.91. The summed E-state index contributed by atoms with van der Waals surface area (Å²) in [6.07, 6.45) is 4.43. The quantitative estimate of drug-likeness (QED) is 0.826. The van der Waals surface area contributed by atoms with Crippen LogP contribution in [0.1, 0.15) is 38.3 Å². The largest absolute Gasteiger partial charge is 0.272 e. The van der Waals surface area contributed by atoms with Gasteiger partial charge in [-0.15, -0.1) is 0 Å². The van der Waals surface area contributed by atoms with Crippen LogP contribution in [-0.4, -0.2) is 24.7 Å². The number of benzene rings is 1. The monoisotopic (exact) mass is 335 g/mol. The normalized spacial score (nSPS) is 12.5. The van der Waals surface area contributed by atoms with E-state index < -0.39 is 10.0 Å². The second-order valence-electron chi connectivity index (χ2n) is 6.81. The molecule has 6 heteroatoms. The summed E-state index contributed by atoms with van der Waals surface area (Å²) in [5.74, 6) is 0. The third-order valence-corrected chi connectivity index (χ3v) is 5.13. The average molecular weight is 335 g/mol. The van der Waals surface area contributed by atoms with E-state index in [9.17, 15) is 8.42 Å². The third kappa shape index (κ3) is 4.91. The molecule has 5 nitrogen and oxygen atoms in total. The second-order valence-corrected chi connectivity index (χ2v) is 8.57. The lowest BCUT2D eigenvalue weighted by Gasteiger charge is -2.19. The zero-order chi connectivity index (χ0) is 17.1. The van der Waals surface area contributed by atoms with Gasteiger partial charge >= 0.3 is 0 Å². The van der Waals surface area contributed by atoms with Crippen LogP contribution in [0.25, 0.3) is 0 Å². The van der Waals surface area contributed by atoms with Gasteiger partial charge in [0, 0.05) is 19.3 Å². The fourth-order valence-electron chi connectivity index (χ4n) is 2.25. The maximum Gasteiger partial charge on any atom is 0.240 e. The molecule has 1 aromatic carbocycles. The van der Waals surface area contributed by atoms with Crippen molar-refractivity contribution in [2.24, 2.45) is 0 Å². The highest BCUT2D eigenvalue weighted by Crippen LogP contribution is 2.23. The molecule has 0 aliphatic rings. The third-order valence-electron chi connectivity index (χ3n) is 3.65. The van der Waals surface area contributed by atoms with Crippen LogP contribution in [0.2, 0.25) is 0 Å². The van der Waals surface area contributed by atoms with Gasteiger partial charge < -0.3 is 0 Å². The summed E-state index contributed by atoms with van der Waals surface area (Å²) in [5.41, 5.74) is 2.23. The van der Waals surface area contributed by atoms with Crippen molar-refractivity contribution in [3.05, 3.63) is 47.8 Å². The van der Waals surface area contributed by atoms with Gasteiger partial charge in [-0.3, -0.25) is 4.68 Å². The predicted molar refractivity (Wildman–Crippen MR) is 91.9 cm³/mol. The van der Waals surface area contributed by atoms with Gasteiger partial charge in [0.1, 0.15) is 0 Å². The van der Waals surface area contributed by atoms with Crippen LogP contribution < -0.4 is 4.72 Å². The molecule has 126 valence electrons. The van der Waals surface area contributed by atoms with E-state index in [2.05, 4.69) is 30.6 Å². The fraction of sp³-hybridized carbons (Fsp3) is 0.471. The Labute approximate surface area is 138 Å². The summed E-state index contributed by atoms with van der Waals surface area (Å²) >= 11 is 0. The van der Waals surface area contributed by atoms with E-state index >= 15 is 0 Å². The fourth-order valence-corrected chi connectivity index (χ4v) is 3.33. The number of hydrogen-bond acceptors (Lipinski definition) is 3. The van der Waals surface area contributed by atoms with E-state index in [1.165, 1.54) is 0 Å². The molecule has 0 aliphatic carbocycles. The van der Waals surface area contributed by atoms with Gasteiger partial charge in [0.2, 0.25) is 10.0 Å². The summed E-state index contributed by atoms with van der Waals surface area (Å²) in [6.45, 7) is 9.37. The van der Waals surface area contributed by atoms with Gasteiger partial charge in [-0.05, 0) is 42.0 Å². The molecule has 23 heavy (non-hydrogen) atoms. The first-order chi connectivity index (χ1) is 10.7. The van der Waals surface area contributed by atoms with Crippen molar-refractivity contribution in [3.8, 4) is 0 Å².